The van der Waals surface area contributed by atoms with E-state index in [-0.39, 0.29) is 23.8 Å². The molecule has 130 valence electrons. The SMILES string of the molecule is COC(=O)CC(NCC1(C)C=CC=CC1)c1ccc2ccccc2n1. The fourth-order valence-corrected chi connectivity index (χ4v) is 3.07. The highest BCUT2D eigenvalue weighted by atomic mass is 16.5. The Kier molecular flexibility index (Phi) is 5.29. The van der Waals surface area contributed by atoms with Gasteiger partial charge in [0.1, 0.15) is 0 Å². The minimum absolute atomic E-state index is 0.0416. The molecule has 0 aliphatic heterocycles. The van der Waals surface area contributed by atoms with Crippen LogP contribution in [0.4, 0.5) is 0 Å². The number of allylic oxidation sites excluding steroid dienone is 3. The van der Waals surface area contributed by atoms with Crippen LogP contribution in [0.5, 0.6) is 0 Å². The molecule has 1 heterocycles. The number of benzene rings is 1. The van der Waals surface area contributed by atoms with E-state index in [1.807, 2.05) is 30.3 Å². The molecule has 3 rings (SSSR count). The molecule has 0 radical (unpaired) electrons. The maximum absolute atomic E-state index is 11.9. The van der Waals surface area contributed by atoms with Crippen molar-refractivity contribution in [1.82, 2.24) is 10.3 Å². The van der Waals surface area contributed by atoms with Crippen molar-refractivity contribution in [3.8, 4) is 0 Å². The summed E-state index contributed by atoms with van der Waals surface area (Å²) in [6, 6.07) is 11.9. The number of nitrogens with zero attached hydrogens (tertiary/aromatic N) is 1. The quantitative estimate of drug-likeness (QED) is 0.812. The number of hydrogen-bond donors (Lipinski definition) is 1. The molecule has 0 spiro atoms. The zero-order valence-electron chi connectivity index (χ0n) is 14.7. The molecule has 0 saturated heterocycles. The predicted molar refractivity (Wildman–Crippen MR) is 100 cm³/mol. The Morgan fingerprint density at radius 2 is 2.12 bits per heavy atom. The topological polar surface area (TPSA) is 51.2 Å². The van der Waals surface area contributed by atoms with E-state index >= 15 is 0 Å². The van der Waals surface area contributed by atoms with Crippen molar-refractivity contribution in [1.29, 1.82) is 0 Å². The highest BCUT2D eigenvalue weighted by Crippen LogP contribution is 2.28. The molecule has 4 heteroatoms. The standard InChI is InChI=1S/C21H24N2O2/c1-21(12-6-3-7-13-21)15-22-19(14-20(24)25-2)18-11-10-16-8-4-5-9-17(16)23-18/h3-12,19,22H,13-15H2,1-2H3. The zero-order valence-corrected chi connectivity index (χ0v) is 14.7. The third-order valence-corrected chi connectivity index (χ3v) is 4.66. The van der Waals surface area contributed by atoms with Gasteiger partial charge in [-0.2, -0.15) is 0 Å². The Hall–Kier alpha value is -2.46. The number of esters is 1. The number of aromatic nitrogens is 1. The second-order valence-corrected chi connectivity index (χ2v) is 6.79. The van der Waals surface area contributed by atoms with E-state index in [1.54, 1.807) is 0 Å². The molecular weight excluding hydrogens is 312 g/mol. The van der Waals surface area contributed by atoms with Crippen LogP contribution in [0.2, 0.25) is 0 Å². The van der Waals surface area contributed by atoms with Gasteiger partial charge in [-0.1, -0.05) is 55.5 Å². The summed E-state index contributed by atoms with van der Waals surface area (Å²) in [5.74, 6) is -0.239. The highest BCUT2D eigenvalue weighted by molar-refractivity contribution is 5.78. The molecule has 25 heavy (non-hydrogen) atoms. The molecule has 4 nitrogen and oxygen atoms in total. The van der Waals surface area contributed by atoms with Gasteiger partial charge >= 0.3 is 5.97 Å². The van der Waals surface area contributed by atoms with Crippen molar-refractivity contribution in [2.75, 3.05) is 13.7 Å². The summed E-state index contributed by atoms with van der Waals surface area (Å²) >= 11 is 0. The van der Waals surface area contributed by atoms with E-state index in [9.17, 15) is 4.79 Å². The van der Waals surface area contributed by atoms with Crippen LogP contribution in [0, 0.1) is 5.41 Å². The average Bonchev–Trinajstić information content (AvgIpc) is 2.65. The Morgan fingerprint density at radius 3 is 2.88 bits per heavy atom. The number of rotatable bonds is 6. The molecule has 1 aromatic heterocycles. The van der Waals surface area contributed by atoms with E-state index in [1.165, 1.54) is 7.11 Å². The molecule has 0 bridgehead atoms. The maximum atomic E-state index is 11.9. The number of hydrogen-bond acceptors (Lipinski definition) is 4. The van der Waals surface area contributed by atoms with E-state index in [4.69, 9.17) is 9.72 Å². The van der Waals surface area contributed by atoms with Gasteiger partial charge in [-0.3, -0.25) is 9.78 Å². The first-order valence-electron chi connectivity index (χ1n) is 8.60. The fraction of sp³-hybridized carbons (Fsp3) is 0.333. The van der Waals surface area contributed by atoms with Gasteiger partial charge in [0.25, 0.3) is 0 Å². The average molecular weight is 336 g/mol. The molecule has 1 N–H and O–H groups in total. The Labute approximate surface area is 148 Å². The lowest BCUT2D eigenvalue weighted by atomic mass is 9.83. The number of carbonyl (C=O) groups is 1. The van der Waals surface area contributed by atoms with Crippen LogP contribution < -0.4 is 5.32 Å². The van der Waals surface area contributed by atoms with Crippen LogP contribution in [-0.4, -0.2) is 24.6 Å². The number of fused-ring (bicyclic) bond motifs is 1. The van der Waals surface area contributed by atoms with Gasteiger partial charge in [-0.05, 0) is 18.6 Å². The van der Waals surface area contributed by atoms with Gasteiger partial charge in [0.05, 0.1) is 30.8 Å². The Balaban J connectivity index is 1.81. The third kappa shape index (κ3) is 4.34. The number of para-hydroxylation sites is 1. The van der Waals surface area contributed by atoms with Crippen LogP contribution in [-0.2, 0) is 9.53 Å². The summed E-state index contributed by atoms with van der Waals surface area (Å²) in [5.41, 5.74) is 1.84. The lowest BCUT2D eigenvalue weighted by Crippen LogP contribution is -2.35. The van der Waals surface area contributed by atoms with Crippen LogP contribution in [0.3, 0.4) is 0 Å². The van der Waals surface area contributed by atoms with Crippen LogP contribution in [0.25, 0.3) is 10.9 Å². The molecule has 0 amide bonds. The van der Waals surface area contributed by atoms with Crippen LogP contribution in [0.15, 0.2) is 60.7 Å². The maximum Gasteiger partial charge on any atom is 0.307 e. The Bertz CT molecular complexity index is 812. The second kappa shape index (κ2) is 7.62. The smallest absolute Gasteiger partial charge is 0.307 e. The molecule has 1 aromatic carbocycles. The minimum atomic E-state index is -0.239. The fourth-order valence-electron chi connectivity index (χ4n) is 3.07. The van der Waals surface area contributed by atoms with E-state index in [0.29, 0.717) is 0 Å². The largest absolute Gasteiger partial charge is 0.469 e. The van der Waals surface area contributed by atoms with E-state index in [0.717, 1.165) is 29.6 Å². The Morgan fingerprint density at radius 1 is 1.28 bits per heavy atom. The first-order chi connectivity index (χ1) is 12.1. The van der Waals surface area contributed by atoms with Crippen molar-refractivity contribution in [2.45, 2.75) is 25.8 Å². The monoisotopic (exact) mass is 336 g/mol. The molecule has 2 aromatic rings. The molecule has 1 aliphatic rings. The summed E-state index contributed by atoms with van der Waals surface area (Å²) in [6.45, 7) is 2.98. The summed E-state index contributed by atoms with van der Waals surface area (Å²) in [4.78, 5) is 16.6. The van der Waals surface area contributed by atoms with Crippen molar-refractivity contribution < 1.29 is 9.53 Å². The lowest BCUT2D eigenvalue weighted by molar-refractivity contribution is -0.141. The van der Waals surface area contributed by atoms with Gasteiger partial charge in [0.2, 0.25) is 0 Å². The summed E-state index contributed by atoms with van der Waals surface area (Å²) < 4.78 is 4.87. The number of carbonyl (C=O) groups excluding carboxylic acids is 1. The van der Waals surface area contributed by atoms with Crippen molar-refractivity contribution >= 4 is 16.9 Å². The van der Waals surface area contributed by atoms with E-state index in [2.05, 4.69) is 42.6 Å². The van der Waals surface area contributed by atoms with E-state index < -0.39 is 0 Å². The summed E-state index contributed by atoms with van der Waals surface area (Å²) in [5, 5.41) is 4.62. The van der Waals surface area contributed by atoms with Crippen molar-refractivity contribution in [2.24, 2.45) is 5.41 Å². The van der Waals surface area contributed by atoms with Crippen molar-refractivity contribution in [3.05, 3.63) is 66.4 Å². The highest BCUT2D eigenvalue weighted by Gasteiger charge is 2.25. The second-order valence-electron chi connectivity index (χ2n) is 6.79. The normalized spacial score (nSPS) is 20.6. The number of ether oxygens (including phenoxy) is 1. The van der Waals surface area contributed by atoms with Gasteiger partial charge in [-0.15, -0.1) is 0 Å². The van der Waals surface area contributed by atoms with Gasteiger partial charge < -0.3 is 10.1 Å². The minimum Gasteiger partial charge on any atom is -0.469 e. The number of nitrogens with one attached hydrogen (secondary N) is 1. The molecule has 0 saturated carbocycles. The lowest BCUT2D eigenvalue weighted by Gasteiger charge is -2.29. The molecule has 2 unspecified atom stereocenters. The van der Waals surface area contributed by atoms with Crippen LogP contribution in [0.1, 0.15) is 31.5 Å². The molecule has 0 fully saturated rings. The first kappa shape index (κ1) is 17.4. The number of pyridine rings is 1. The van der Waals surface area contributed by atoms with Crippen molar-refractivity contribution in [3.63, 3.8) is 0 Å². The summed E-state index contributed by atoms with van der Waals surface area (Å²) in [6.07, 6.45) is 9.77. The van der Waals surface area contributed by atoms with Gasteiger partial charge in [-0.25, -0.2) is 0 Å². The predicted octanol–water partition coefficient (Wildman–Crippen LogP) is 3.95. The molecule has 2 atom stereocenters. The first-order valence-corrected chi connectivity index (χ1v) is 8.60. The third-order valence-electron chi connectivity index (χ3n) is 4.66. The zero-order chi connectivity index (χ0) is 17.7. The molecule has 1 aliphatic carbocycles. The van der Waals surface area contributed by atoms with Gasteiger partial charge in [0.15, 0.2) is 0 Å². The van der Waals surface area contributed by atoms with Gasteiger partial charge in [0, 0.05) is 17.3 Å². The number of methoxy groups -OCH3 is 1. The summed E-state index contributed by atoms with van der Waals surface area (Å²) in [7, 11) is 1.42. The molecular formula is C21H24N2O2. The van der Waals surface area contributed by atoms with Crippen LogP contribution >= 0.6 is 0 Å².